The number of carbonyl (C=O) groups is 1. The van der Waals surface area contributed by atoms with E-state index in [4.69, 9.17) is 12.2 Å². The van der Waals surface area contributed by atoms with Crippen LogP contribution in [0.5, 0.6) is 0 Å². The number of benzene rings is 1. The maximum Gasteiger partial charge on any atom is 0.420 e. The molecule has 0 radical (unpaired) electrons. The number of aromatic amines is 1. The molecule has 0 amide bonds. The van der Waals surface area contributed by atoms with Gasteiger partial charge in [-0.3, -0.25) is 0 Å². The van der Waals surface area contributed by atoms with E-state index in [0.717, 1.165) is 11.3 Å². The highest BCUT2D eigenvalue weighted by Crippen LogP contribution is 2.16. The Hall–Kier alpha value is -1.88. The van der Waals surface area contributed by atoms with Crippen molar-refractivity contribution in [3.05, 3.63) is 41.3 Å². The minimum Gasteiger partial charge on any atom is -0.452 e. The van der Waals surface area contributed by atoms with Gasteiger partial charge in [0.2, 0.25) is 0 Å². The Morgan fingerprint density at radius 2 is 2.06 bits per heavy atom. The van der Waals surface area contributed by atoms with E-state index in [-0.39, 0.29) is 0 Å². The van der Waals surface area contributed by atoms with Crippen molar-refractivity contribution in [1.82, 2.24) is 9.55 Å². The zero-order chi connectivity index (χ0) is 11.5. The van der Waals surface area contributed by atoms with Gasteiger partial charge in [0, 0.05) is 6.20 Å². The number of hydrogen-bond donors (Lipinski definition) is 1. The highest BCUT2D eigenvalue weighted by atomic mass is 32.1. The van der Waals surface area contributed by atoms with E-state index in [2.05, 4.69) is 9.72 Å². The largest absolute Gasteiger partial charge is 0.452 e. The molecule has 1 aromatic carbocycles. The Labute approximate surface area is 97.5 Å². The van der Waals surface area contributed by atoms with Gasteiger partial charge in [0.25, 0.3) is 0 Å². The van der Waals surface area contributed by atoms with Gasteiger partial charge in [-0.1, -0.05) is 30.3 Å². The molecule has 1 aromatic heterocycles. The van der Waals surface area contributed by atoms with Crippen molar-refractivity contribution in [2.24, 2.45) is 0 Å². The monoisotopic (exact) mass is 234 g/mol. The van der Waals surface area contributed by atoms with Crippen LogP contribution in [0.2, 0.25) is 0 Å². The molecule has 2 rings (SSSR count). The molecule has 82 valence electrons. The van der Waals surface area contributed by atoms with Gasteiger partial charge in [-0.2, -0.15) is 0 Å². The average Bonchev–Trinajstić information content (AvgIpc) is 2.71. The van der Waals surface area contributed by atoms with E-state index in [1.807, 2.05) is 30.3 Å². The topological polar surface area (TPSA) is 47.0 Å². The third kappa shape index (κ3) is 1.90. The molecule has 5 heteroatoms. The van der Waals surface area contributed by atoms with Crippen molar-refractivity contribution < 1.29 is 9.53 Å². The molecule has 0 atom stereocenters. The van der Waals surface area contributed by atoms with Gasteiger partial charge in [0.15, 0.2) is 4.77 Å². The second-order valence-corrected chi connectivity index (χ2v) is 3.57. The molecule has 0 fully saturated rings. The number of aromatic nitrogens is 2. The number of hydrogen-bond acceptors (Lipinski definition) is 3. The van der Waals surface area contributed by atoms with E-state index < -0.39 is 6.09 Å². The number of H-pyrrole nitrogens is 1. The lowest BCUT2D eigenvalue weighted by Gasteiger charge is -1.97. The van der Waals surface area contributed by atoms with Crippen LogP contribution in [0.4, 0.5) is 4.79 Å². The molecular formula is C11H10N2O2S. The second-order valence-electron chi connectivity index (χ2n) is 3.18. The van der Waals surface area contributed by atoms with E-state index in [9.17, 15) is 4.79 Å². The molecule has 0 aliphatic heterocycles. The van der Waals surface area contributed by atoms with Crippen LogP contribution >= 0.6 is 12.2 Å². The van der Waals surface area contributed by atoms with Crippen LogP contribution in [-0.4, -0.2) is 22.8 Å². The van der Waals surface area contributed by atoms with Crippen LogP contribution in [0, 0.1) is 4.77 Å². The first kappa shape index (κ1) is 10.6. The smallest absolute Gasteiger partial charge is 0.420 e. The lowest BCUT2D eigenvalue weighted by molar-refractivity contribution is 0.172. The Morgan fingerprint density at radius 3 is 2.69 bits per heavy atom. The molecule has 1 N–H and O–H groups in total. The Kier molecular flexibility index (Phi) is 2.87. The number of ether oxygens (including phenoxy) is 1. The van der Waals surface area contributed by atoms with E-state index in [1.165, 1.54) is 11.7 Å². The summed E-state index contributed by atoms with van der Waals surface area (Å²) in [6.07, 6.45) is 1.13. The predicted octanol–water partition coefficient (Wildman–Crippen LogP) is 2.83. The molecule has 0 spiro atoms. The van der Waals surface area contributed by atoms with Gasteiger partial charge in [-0.25, -0.2) is 9.36 Å². The highest BCUT2D eigenvalue weighted by molar-refractivity contribution is 7.71. The minimum absolute atomic E-state index is 0.325. The van der Waals surface area contributed by atoms with Crippen molar-refractivity contribution in [2.75, 3.05) is 7.11 Å². The van der Waals surface area contributed by atoms with Crippen LogP contribution < -0.4 is 0 Å². The van der Waals surface area contributed by atoms with Gasteiger partial charge >= 0.3 is 6.09 Å². The van der Waals surface area contributed by atoms with Gasteiger partial charge < -0.3 is 9.72 Å². The first-order chi connectivity index (χ1) is 7.72. The average molecular weight is 234 g/mol. The zero-order valence-electron chi connectivity index (χ0n) is 8.64. The van der Waals surface area contributed by atoms with E-state index in [0.29, 0.717) is 4.77 Å². The van der Waals surface area contributed by atoms with Gasteiger partial charge in [-0.05, 0) is 17.8 Å². The molecule has 0 saturated carbocycles. The summed E-state index contributed by atoms with van der Waals surface area (Å²) < 4.78 is 6.19. The molecule has 0 unspecified atom stereocenters. The van der Waals surface area contributed by atoms with Crippen LogP contribution in [-0.2, 0) is 4.74 Å². The van der Waals surface area contributed by atoms with Crippen LogP contribution in [0.3, 0.4) is 0 Å². The minimum atomic E-state index is -0.497. The number of carbonyl (C=O) groups excluding carboxylic acids is 1. The number of nitrogens with one attached hydrogen (secondary N) is 1. The van der Waals surface area contributed by atoms with Crippen molar-refractivity contribution in [1.29, 1.82) is 0 Å². The van der Waals surface area contributed by atoms with Crippen LogP contribution in [0.25, 0.3) is 11.3 Å². The molecule has 4 nitrogen and oxygen atoms in total. The lowest BCUT2D eigenvalue weighted by Crippen LogP contribution is -2.09. The lowest BCUT2D eigenvalue weighted by atomic mass is 10.2. The van der Waals surface area contributed by atoms with Crippen molar-refractivity contribution in [3.8, 4) is 11.3 Å². The summed E-state index contributed by atoms with van der Waals surface area (Å²) in [7, 11) is 1.32. The third-order valence-electron chi connectivity index (χ3n) is 2.17. The molecule has 0 saturated heterocycles. The summed E-state index contributed by atoms with van der Waals surface area (Å²) in [6.45, 7) is 0. The third-order valence-corrected chi connectivity index (χ3v) is 2.47. The molecule has 2 aromatic rings. The van der Waals surface area contributed by atoms with Crippen molar-refractivity contribution >= 4 is 18.3 Å². The number of imidazole rings is 1. The molecule has 0 aliphatic rings. The first-order valence-electron chi connectivity index (χ1n) is 4.68. The maximum atomic E-state index is 11.3. The summed E-state index contributed by atoms with van der Waals surface area (Å²) >= 11 is 5.02. The Balaban J connectivity index is 2.47. The number of methoxy groups -OCH3 is 1. The summed E-state index contributed by atoms with van der Waals surface area (Å²) in [5.74, 6) is 0. The first-order valence-corrected chi connectivity index (χ1v) is 5.08. The Bertz CT molecular complexity index is 557. The van der Waals surface area contributed by atoms with Crippen molar-refractivity contribution in [2.45, 2.75) is 0 Å². The van der Waals surface area contributed by atoms with Crippen molar-refractivity contribution in [3.63, 3.8) is 0 Å². The normalized spacial score (nSPS) is 10.1. The van der Waals surface area contributed by atoms with E-state index in [1.54, 1.807) is 6.20 Å². The highest BCUT2D eigenvalue weighted by Gasteiger charge is 2.08. The maximum absolute atomic E-state index is 11.3. The fourth-order valence-electron chi connectivity index (χ4n) is 1.39. The molecule has 1 heterocycles. The zero-order valence-corrected chi connectivity index (χ0v) is 9.45. The number of nitrogens with zero attached hydrogens (tertiary/aromatic N) is 1. The second kappa shape index (κ2) is 4.32. The number of rotatable bonds is 1. The fourth-order valence-corrected chi connectivity index (χ4v) is 1.63. The summed E-state index contributed by atoms with van der Waals surface area (Å²) in [6, 6.07) is 9.63. The molecular weight excluding hydrogens is 224 g/mol. The quantitative estimate of drug-likeness (QED) is 0.772. The van der Waals surface area contributed by atoms with Gasteiger partial charge in [0.05, 0.1) is 12.8 Å². The molecule has 0 aliphatic carbocycles. The summed E-state index contributed by atoms with van der Waals surface area (Å²) in [5.41, 5.74) is 1.76. The molecule has 0 bridgehead atoms. The van der Waals surface area contributed by atoms with Gasteiger partial charge in [-0.15, -0.1) is 0 Å². The van der Waals surface area contributed by atoms with E-state index >= 15 is 0 Å². The Morgan fingerprint density at radius 1 is 1.38 bits per heavy atom. The SMILES string of the molecule is COC(=O)n1cc(-c2ccccc2)[nH]c1=S. The van der Waals surface area contributed by atoms with Crippen LogP contribution in [0.1, 0.15) is 0 Å². The van der Waals surface area contributed by atoms with Crippen LogP contribution in [0.15, 0.2) is 36.5 Å². The fraction of sp³-hybridized carbons (Fsp3) is 0.0909. The summed E-state index contributed by atoms with van der Waals surface area (Å²) in [4.78, 5) is 14.3. The molecule has 16 heavy (non-hydrogen) atoms. The summed E-state index contributed by atoms with van der Waals surface area (Å²) in [5, 5.41) is 0. The standard InChI is InChI=1S/C11H10N2O2S/c1-15-11(14)13-7-9(12-10(13)16)8-5-3-2-4-6-8/h2-7H,1H3,(H,12,16). The predicted molar refractivity (Wildman–Crippen MR) is 62.9 cm³/mol. The van der Waals surface area contributed by atoms with Gasteiger partial charge in [0.1, 0.15) is 0 Å².